The highest BCUT2D eigenvalue weighted by atomic mass is 16.5. The quantitative estimate of drug-likeness (QED) is 0.580. The van der Waals surface area contributed by atoms with Gasteiger partial charge in [0.15, 0.2) is 0 Å². The highest BCUT2D eigenvalue weighted by Crippen LogP contribution is 2.43. The van der Waals surface area contributed by atoms with E-state index < -0.39 is 0 Å². The first-order valence-corrected chi connectivity index (χ1v) is 4.85. The molecule has 1 saturated heterocycles. The minimum absolute atomic E-state index is 0.158. The molecule has 0 bridgehead atoms. The van der Waals surface area contributed by atoms with Crippen molar-refractivity contribution in [3.05, 3.63) is 11.3 Å². The average Bonchev–Trinajstić information content (AvgIpc) is 2.44. The summed E-state index contributed by atoms with van der Waals surface area (Å²) in [5.41, 5.74) is 2.15. The second-order valence-electron chi connectivity index (χ2n) is 4.15. The van der Waals surface area contributed by atoms with Crippen molar-refractivity contribution >= 4 is 5.91 Å². The molecule has 2 aliphatic rings. The number of rotatable bonds is 0. The third kappa shape index (κ3) is 1.18. The van der Waals surface area contributed by atoms with Crippen molar-refractivity contribution in [2.45, 2.75) is 33.1 Å². The predicted molar refractivity (Wildman–Crippen MR) is 47.8 cm³/mol. The van der Waals surface area contributed by atoms with Gasteiger partial charge in [0.2, 0.25) is 0 Å². The molecule has 1 N–H and O–H groups in total. The minimum atomic E-state index is -0.158. The van der Waals surface area contributed by atoms with Crippen LogP contribution in [0.5, 0.6) is 0 Å². The zero-order chi connectivity index (χ0) is 9.59. The van der Waals surface area contributed by atoms with Gasteiger partial charge in [0.05, 0.1) is 0 Å². The van der Waals surface area contributed by atoms with E-state index in [4.69, 9.17) is 0 Å². The maximum absolute atomic E-state index is 11.1. The Morgan fingerprint density at radius 2 is 2.08 bits per heavy atom. The summed E-state index contributed by atoms with van der Waals surface area (Å²) in [6.07, 6.45) is 2.24. The second kappa shape index (κ2) is 2.84. The SMILES string of the molecule is CC1/C(=C2\CCC(=O)N2O)C[C@H]1C. The molecule has 1 heterocycles. The lowest BCUT2D eigenvalue weighted by molar-refractivity contribution is -0.151. The van der Waals surface area contributed by atoms with Gasteiger partial charge in [-0.25, -0.2) is 0 Å². The molecular weight excluding hydrogens is 166 g/mol. The monoisotopic (exact) mass is 181 g/mol. The van der Waals surface area contributed by atoms with Crippen molar-refractivity contribution in [1.29, 1.82) is 0 Å². The smallest absolute Gasteiger partial charge is 0.250 e. The Morgan fingerprint density at radius 3 is 2.46 bits per heavy atom. The number of hydrogen-bond acceptors (Lipinski definition) is 2. The van der Waals surface area contributed by atoms with Crippen LogP contribution in [0.25, 0.3) is 0 Å². The molecule has 2 fully saturated rings. The van der Waals surface area contributed by atoms with Crippen LogP contribution in [0.3, 0.4) is 0 Å². The zero-order valence-corrected chi connectivity index (χ0v) is 8.08. The first-order chi connectivity index (χ1) is 6.11. The van der Waals surface area contributed by atoms with Crippen LogP contribution in [-0.4, -0.2) is 16.2 Å². The Bertz CT molecular complexity index is 283. The molecule has 0 radical (unpaired) electrons. The van der Waals surface area contributed by atoms with Gasteiger partial charge in [0.25, 0.3) is 5.91 Å². The van der Waals surface area contributed by atoms with Gasteiger partial charge in [-0.15, -0.1) is 0 Å². The van der Waals surface area contributed by atoms with Crippen molar-refractivity contribution in [2.24, 2.45) is 11.8 Å². The molecule has 2 rings (SSSR count). The average molecular weight is 181 g/mol. The molecule has 13 heavy (non-hydrogen) atoms. The number of carbonyl (C=O) groups excluding carboxylic acids is 1. The third-order valence-electron chi connectivity index (χ3n) is 3.38. The number of hydroxylamine groups is 2. The van der Waals surface area contributed by atoms with Crippen LogP contribution in [0.1, 0.15) is 33.1 Å². The molecule has 0 spiro atoms. The number of carbonyl (C=O) groups is 1. The van der Waals surface area contributed by atoms with E-state index in [1.807, 2.05) is 0 Å². The molecule has 72 valence electrons. The van der Waals surface area contributed by atoms with Gasteiger partial charge in [-0.05, 0) is 30.3 Å². The fourth-order valence-electron chi connectivity index (χ4n) is 2.16. The number of allylic oxidation sites excluding steroid dienone is 2. The summed E-state index contributed by atoms with van der Waals surface area (Å²) in [6, 6.07) is 0. The van der Waals surface area contributed by atoms with Gasteiger partial charge in [0, 0.05) is 12.1 Å². The number of amides is 1. The van der Waals surface area contributed by atoms with E-state index in [1.54, 1.807) is 0 Å². The Morgan fingerprint density at radius 1 is 1.38 bits per heavy atom. The number of nitrogens with zero attached hydrogens (tertiary/aromatic N) is 1. The lowest BCUT2D eigenvalue weighted by Gasteiger charge is -2.36. The first kappa shape index (κ1) is 8.75. The fourth-order valence-corrected chi connectivity index (χ4v) is 2.16. The van der Waals surface area contributed by atoms with Crippen molar-refractivity contribution in [2.75, 3.05) is 0 Å². The molecule has 1 amide bonds. The Hall–Kier alpha value is -0.830. The van der Waals surface area contributed by atoms with Crippen LogP contribution in [-0.2, 0) is 4.79 Å². The van der Waals surface area contributed by atoms with E-state index >= 15 is 0 Å². The second-order valence-corrected chi connectivity index (χ2v) is 4.15. The van der Waals surface area contributed by atoms with E-state index in [1.165, 1.54) is 5.57 Å². The molecule has 1 unspecified atom stereocenters. The molecule has 1 saturated carbocycles. The zero-order valence-electron chi connectivity index (χ0n) is 8.08. The van der Waals surface area contributed by atoms with E-state index in [0.717, 1.165) is 23.6 Å². The van der Waals surface area contributed by atoms with E-state index in [2.05, 4.69) is 13.8 Å². The van der Waals surface area contributed by atoms with Gasteiger partial charge in [0.1, 0.15) is 0 Å². The molecule has 1 aliphatic heterocycles. The predicted octanol–water partition coefficient (Wildman–Crippen LogP) is 1.93. The summed E-state index contributed by atoms with van der Waals surface area (Å²) < 4.78 is 0. The summed E-state index contributed by atoms with van der Waals surface area (Å²) in [4.78, 5) is 11.1. The fraction of sp³-hybridized carbons (Fsp3) is 0.700. The largest absolute Gasteiger partial charge is 0.281 e. The molecular formula is C10H15NO2. The van der Waals surface area contributed by atoms with Gasteiger partial charge < -0.3 is 0 Å². The standard InChI is InChI=1S/C10H15NO2/c1-6-5-8(7(6)2)9-3-4-10(12)11(9)13/h6-7,13H,3-5H2,1-2H3/b9-8+/t6-,7?/m1/s1. The molecule has 2 atom stereocenters. The summed E-state index contributed by atoms with van der Waals surface area (Å²) >= 11 is 0. The van der Waals surface area contributed by atoms with Crippen LogP contribution in [0.2, 0.25) is 0 Å². The summed E-state index contributed by atoms with van der Waals surface area (Å²) in [5, 5.41) is 10.3. The Balaban J connectivity index is 2.22. The van der Waals surface area contributed by atoms with Crippen molar-refractivity contribution in [3.63, 3.8) is 0 Å². The maximum Gasteiger partial charge on any atom is 0.250 e. The molecule has 0 aromatic heterocycles. The first-order valence-electron chi connectivity index (χ1n) is 4.85. The van der Waals surface area contributed by atoms with Crippen LogP contribution in [0, 0.1) is 11.8 Å². The summed E-state index contributed by atoms with van der Waals surface area (Å²) in [6.45, 7) is 4.36. The summed E-state index contributed by atoms with van der Waals surface area (Å²) in [7, 11) is 0. The van der Waals surface area contributed by atoms with Gasteiger partial charge >= 0.3 is 0 Å². The Kier molecular flexibility index (Phi) is 1.91. The van der Waals surface area contributed by atoms with Crippen molar-refractivity contribution < 1.29 is 10.0 Å². The van der Waals surface area contributed by atoms with Crippen LogP contribution in [0.4, 0.5) is 0 Å². The topological polar surface area (TPSA) is 40.5 Å². The number of hydrogen-bond donors (Lipinski definition) is 1. The Labute approximate surface area is 78.0 Å². The van der Waals surface area contributed by atoms with E-state index in [9.17, 15) is 10.0 Å². The van der Waals surface area contributed by atoms with Crippen molar-refractivity contribution in [1.82, 2.24) is 5.06 Å². The molecule has 3 heteroatoms. The van der Waals surface area contributed by atoms with Crippen molar-refractivity contribution in [3.8, 4) is 0 Å². The van der Waals surface area contributed by atoms with Crippen LogP contribution >= 0.6 is 0 Å². The van der Waals surface area contributed by atoms with Crippen LogP contribution < -0.4 is 0 Å². The van der Waals surface area contributed by atoms with Crippen LogP contribution in [0.15, 0.2) is 11.3 Å². The highest BCUT2D eigenvalue weighted by molar-refractivity contribution is 5.80. The van der Waals surface area contributed by atoms with E-state index in [0.29, 0.717) is 18.3 Å². The third-order valence-corrected chi connectivity index (χ3v) is 3.38. The normalized spacial score (nSPS) is 39.6. The lowest BCUT2D eigenvalue weighted by Crippen LogP contribution is -2.29. The van der Waals surface area contributed by atoms with Gasteiger partial charge in [-0.1, -0.05) is 13.8 Å². The molecule has 3 nitrogen and oxygen atoms in total. The van der Waals surface area contributed by atoms with Gasteiger partial charge in [-0.2, -0.15) is 5.06 Å². The molecule has 1 aliphatic carbocycles. The molecule has 0 aromatic carbocycles. The van der Waals surface area contributed by atoms with E-state index in [-0.39, 0.29) is 5.91 Å². The highest BCUT2D eigenvalue weighted by Gasteiger charge is 2.36. The maximum atomic E-state index is 11.1. The summed E-state index contributed by atoms with van der Waals surface area (Å²) in [5.74, 6) is 1.08. The lowest BCUT2D eigenvalue weighted by atomic mass is 9.70. The minimum Gasteiger partial charge on any atom is -0.281 e. The van der Waals surface area contributed by atoms with Gasteiger partial charge in [-0.3, -0.25) is 10.0 Å². The molecule has 0 aromatic rings.